The lowest BCUT2D eigenvalue weighted by Crippen LogP contribution is -2.20. The first-order valence-corrected chi connectivity index (χ1v) is 4.93. The van der Waals surface area contributed by atoms with Crippen LogP contribution in [0, 0.1) is 0 Å². The van der Waals surface area contributed by atoms with Crippen molar-refractivity contribution in [1.82, 2.24) is 5.16 Å². The zero-order valence-corrected chi connectivity index (χ0v) is 8.42. The highest BCUT2D eigenvalue weighted by atomic mass is 16.6. The van der Waals surface area contributed by atoms with Gasteiger partial charge in [0.25, 0.3) is 0 Å². The molecule has 0 fully saturated rings. The van der Waals surface area contributed by atoms with E-state index in [1.165, 1.54) is 0 Å². The molecule has 2 N–H and O–H groups in total. The molecule has 2 heterocycles. The number of anilines is 1. The van der Waals surface area contributed by atoms with Gasteiger partial charge in [-0.2, -0.15) is 0 Å². The predicted octanol–water partition coefficient (Wildman–Crippen LogP) is 1.77. The van der Waals surface area contributed by atoms with E-state index in [0.717, 1.165) is 5.75 Å². The molecule has 2 aromatic rings. The van der Waals surface area contributed by atoms with Crippen molar-refractivity contribution in [2.24, 2.45) is 0 Å². The Labute approximate surface area is 91.7 Å². The van der Waals surface area contributed by atoms with Crippen molar-refractivity contribution in [3.63, 3.8) is 0 Å². The van der Waals surface area contributed by atoms with Crippen LogP contribution in [0.2, 0.25) is 0 Å². The van der Waals surface area contributed by atoms with Gasteiger partial charge in [-0.05, 0) is 12.1 Å². The highest BCUT2D eigenvalue weighted by Gasteiger charge is 2.25. The maximum absolute atomic E-state index is 5.72. The summed E-state index contributed by atoms with van der Waals surface area (Å²) in [6, 6.07) is 9.14. The molecular formula is C11H10N2O3. The van der Waals surface area contributed by atoms with Crippen LogP contribution < -0.4 is 15.2 Å². The second-order valence-electron chi connectivity index (χ2n) is 3.52. The fraction of sp³-hybridized carbons (Fsp3) is 0.182. The molecule has 0 radical (unpaired) electrons. The Kier molecular flexibility index (Phi) is 1.96. The second-order valence-corrected chi connectivity index (χ2v) is 3.52. The van der Waals surface area contributed by atoms with Gasteiger partial charge in [0.2, 0.25) is 0 Å². The molecule has 5 nitrogen and oxygen atoms in total. The van der Waals surface area contributed by atoms with Gasteiger partial charge in [0.05, 0.1) is 0 Å². The molecule has 5 heteroatoms. The summed E-state index contributed by atoms with van der Waals surface area (Å²) in [5.74, 6) is 2.37. The summed E-state index contributed by atoms with van der Waals surface area (Å²) in [6.45, 7) is 0.394. The Morgan fingerprint density at radius 3 is 2.81 bits per heavy atom. The molecule has 0 aliphatic carbocycles. The van der Waals surface area contributed by atoms with Gasteiger partial charge in [0.15, 0.2) is 29.2 Å². The zero-order valence-electron chi connectivity index (χ0n) is 8.42. The van der Waals surface area contributed by atoms with Crippen molar-refractivity contribution in [1.29, 1.82) is 0 Å². The predicted molar refractivity (Wildman–Crippen MR) is 56.2 cm³/mol. The van der Waals surface area contributed by atoms with Crippen molar-refractivity contribution in [2.45, 2.75) is 6.10 Å². The second kappa shape index (κ2) is 3.44. The lowest BCUT2D eigenvalue weighted by atomic mass is 10.2. The van der Waals surface area contributed by atoms with Crippen LogP contribution in [0.15, 0.2) is 34.9 Å². The zero-order chi connectivity index (χ0) is 11.0. The maximum atomic E-state index is 5.72. The SMILES string of the molecule is Nc1cc(C2COc3ccccc3O2)on1. The largest absolute Gasteiger partial charge is 0.485 e. The van der Waals surface area contributed by atoms with Gasteiger partial charge < -0.3 is 19.7 Å². The van der Waals surface area contributed by atoms with Crippen molar-refractivity contribution in [3.05, 3.63) is 36.1 Å². The molecule has 0 saturated heterocycles. The minimum Gasteiger partial charge on any atom is -0.485 e. The van der Waals surface area contributed by atoms with E-state index < -0.39 is 0 Å². The third-order valence-electron chi connectivity index (χ3n) is 2.37. The standard InChI is InChI=1S/C11H10N2O3/c12-11-5-9(16-13-11)10-6-14-7-3-1-2-4-8(7)15-10/h1-5,10H,6H2,(H2,12,13). The molecule has 1 unspecified atom stereocenters. The number of aromatic nitrogens is 1. The number of rotatable bonds is 1. The highest BCUT2D eigenvalue weighted by molar-refractivity contribution is 5.41. The molecule has 0 amide bonds. The van der Waals surface area contributed by atoms with E-state index in [-0.39, 0.29) is 6.10 Å². The molecule has 1 atom stereocenters. The average molecular weight is 218 g/mol. The van der Waals surface area contributed by atoms with Crippen LogP contribution in [0.5, 0.6) is 11.5 Å². The van der Waals surface area contributed by atoms with Crippen LogP contribution in [0.3, 0.4) is 0 Å². The summed E-state index contributed by atoms with van der Waals surface area (Å²) in [6.07, 6.45) is -0.292. The van der Waals surface area contributed by atoms with Crippen molar-refractivity contribution >= 4 is 5.82 Å². The molecule has 1 aliphatic rings. The molecular weight excluding hydrogens is 208 g/mol. The summed E-state index contributed by atoms with van der Waals surface area (Å²) >= 11 is 0. The molecule has 0 spiro atoms. The van der Waals surface area contributed by atoms with E-state index in [1.54, 1.807) is 6.07 Å². The fourth-order valence-corrected chi connectivity index (χ4v) is 1.62. The number of nitrogens with zero attached hydrogens (tertiary/aromatic N) is 1. The van der Waals surface area contributed by atoms with Crippen LogP contribution in [0.25, 0.3) is 0 Å². The molecule has 3 rings (SSSR count). The molecule has 0 bridgehead atoms. The van der Waals surface area contributed by atoms with Gasteiger partial charge in [-0.25, -0.2) is 0 Å². The van der Waals surface area contributed by atoms with Gasteiger partial charge in [0.1, 0.15) is 6.61 Å². The Balaban J connectivity index is 1.88. The molecule has 1 aromatic carbocycles. The van der Waals surface area contributed by atoms with Gasteiger partial charge >= 0.3 is 0 Å². The van der Waals surface area contributed by atoms with Crippen LogP contribution in [-0.4, -0.2) is 11.8 Å². The summed E-state index contributed by atoms with van der Waals surface area (Å²) in [5, 5.41) is 3.62. The first-order chi connectivity index (χ1) is 7.83. The number of para-hydroxylation sites is 2. The monoisotopic (exact) mass is 218 g/mol. The van der Waals surface area contributed by atoms with Crippen molar-refractivity contribution in [2.75, 3.05) is 12.3 Å². The van der Waals surface area contributed by atoms with Gasteiger partial charge in [-0.15, -0.1) is 0 Å². The number of nitrogen functional groups attached to an aromatic ring is 1. The first-order valence-electron chi connectivity index (χ1n) is 4.93. The van der Waals surface area contributed by atoms with E-state index in [2.05, 4.69) is 5.16 Å². The van der Waals surface area contributed by atoms with Gasteiger partial charge in [-0.1, -0.05) is 17.3 Å². The highest BCUT2D eigenvalue weighted by Crippen LogP contribution is 2.35. The summed E-state index contributed by atoms with van der Waals surface area (Å²) in [7, 11) is 0. The number of benzene rings is 1. The fourth-order valence-electron chi connectivity index (χ4n) is 1.62. The van der Waals surface area contributed by atoms with Crippen molar-refractivity contribution in [3.8, 4) is 11.5 Å². The summed E-state index contributed by atoms with van der Waals surface area (Å²) in [4.78, 5) is 0. The van der Waals surface area contributed by atoms with Crippen LogP contribution in [-0.2, 0) is 0 Å². The number of nitrogens with two attached hydrogens (primary N) is 1. The topological polar surface area (TPSA) is 70.5 Å². The number of hydrogen-bond acceptors (Lipinski definition) is 5. The number of hydrogen-bond donors (Lipinski definition) is 1. The molecule has 82 valence electrons. The quantitative estimate of drug-likeness (QED) is 0.789. The van der Waals surface area contributed by atoms with Crippen molar-refractivity contribution < 1.29 is 14.0 Å². The van der Waals surface area contributed by atoms with Gasteiger partial charge in [0, 0.05) is 6.07 Å². The first kappa shape index (κ1) is 9.08. The Morgan fingerprint density at radius 1 is 1.25 bits per heavy atom. The minimum absolute atomic E-state index is 0.292. The normalized spacial score (nSPS) is 18.4. The van der Waals surface area contributed by atoms with Crippen LogP contribution in [0.1, 0.15) is 11.9 Å². The smallest absolute Gasteiger partial charge is 0.193 e. The van der Waals surface area contributed by atoms with Crippen LogP contribution in [0.4, 0.5) is 5.82 Å². The third-order valence-corrected chi connectivity index (χ3v) is 2.37. The number of fused-ring (bicyclic) bond motifs is 1. The molecule has 0 saturated carbocycles. The lowest BCUT2D eigenvalue weighted by molar-refractivity contribution is 0.0704. The summed E-state index contributed by atoms with van der Waals surface area (Å²) < 4.78 is 16.3. The van der Waals surface area contributed by atoms with E-state index in [9.17, 15) is 0 Å². The van der Waals surface area contributed by atoms with Crippen LogP contribution >= 0.6 is 0 Å². The Hall–Kier alpha value is -2.17. The minimum atomic E-state index is -0.292. The Bertz CT molecular complexity index is 509. The van der Waals surface area contributed by atoms with E-state index >= 15 is 0 Å². The lowest BCUT2D eigenvalue weighted by Gasteiger charge is -2.24. The Morgan fingerprint density at radius 2 is 2.06 bits per heavy atom. The third kappa shape index (κ3) is 1.46. The molecule has 16 heavy (non-hydrogen) atoms. The molecule has 1 aromatic heterocycles. The van der Waals surface area contributed by atoms with E-state index in [1.807, 2.05) is 24.3 Å². The molecule has 1 aliphatic heterocycles. The van der Waals surface area contributed by atoms with E-state index in [4.69, 9.17) is 19.7 Å². The number of ether oxygens (including phenoxy) is 2. The summed E-state index contributed by atoms with van der Waals surface area (Å²) in [5.41, 5.74) is 5.48. The van der Waals surface area contributed by atoms with E-state index in [0.29, 0.717) is 23.9 Å². The van der Waals surface area contributed by atoms with Gasteiger partial charge in [-0.3, -0.25) is 0 Å². The maximum Gasteiger partial charge on any atom is 0.193 e. The average Bonchev–Trinajstić information content (AvgIpc) is 2.75.